The quantitative estimate of drug-likeness (QED) is 0.370. The molecule has 0 aromatic heterocycles. The van der Waals surface area contributed by atoms with Crippen LogP contribution in [0.1, 0.15) is 72.1 Å². The molecule has 0 spiro atoms. The molecule has 1 aliphatic heterocycles. The summed E-state index contributed by atoms with van der Waals surface area (Å²) in [4.78, 5) is 4.75. The molecule has 0 amide bonds. The standard InChI is InChI=1S/C21H41N3O2/c1-4-22-21(23-13-8-14-26-20-11-15-25-16-12-20)24-18(3)17(2)19-9-6-5-7-10-19/h17-20H,4-16H2,1-3H3,(H2,22,23,24). The number of nitrogens with zero attached hydrogens (tertiary/aromatic N) is 1. The largest absolute Gasteiger partial charge is 0.381 e. The van der Waals surface area contributed by atoms with Crippen molar-refractivity contribution in [3.63, 3.8) is 0 Å². The first kappa shape index (κ1) is 21.5. The van der Waals surface area contributed by atoms with Crippen molar-refractivity contribution < 1.29 is 9.47 Å². The molecule has 26 heavy (non-hydrogen) atoms. The minimum atomic E-state index is 0.385. The van der Waals surface area contributed by atoms with Crippen LogP contribution in [0, 0.1) is 11.8 Å². The van der Waals surface area contributed by atoms with Crippen molar-refractivity contribution in [2.75, 3.05) is 32.9 Å². The summed E-state index contributed by atoms with van der Waals surface area (Å²) in [5.74, 6) is 2.51. The van der Waals surface area contributed by atoms with Crippen molar-refractivity contribution in [2.24, 2.45) is 16.8 Å². The molecule has 5 nitrogen and oxygen atoms in total. The van der Waals surface area contributed by atoms with Gasteiger partial charge in [-0.1, -0.05) is 39.0 Å². The molecule has 1 aliphatic carbocycles. The maximum absolute atomic E-state index is 5.93. The third-order valence-corrected chi connectivity index (χ3v) is 5.98. The molecular weight excluding hydrogens is 326 g/mol. The van der Waals surface area contributed by atoms with Crippen LogP contribution in [-0.4, -0.2) is 51.0 Å². The van der Waals surface area contributed by atoms with Crippen molar-refractivity contribution in [1.82, 2.24) is 10.6 Å². The van der Waals surface area contributed by atoms with E-state index in [9.17, 15) is 0 Å². The van der Waals surface area contributed by atoms with Crippen LogP contribution in [0.4, 0.5) is 0 Å². The van der Waals surface area contributed by atoms with Crippen molar-refractivity contribution in [2.45, 2.75) is 84.3 Å². The van der Waals surface area contributed by atoms with E-state index in [4.69, 9.17) is 14.5 Å². The second kappa shape index (κ2) is 12.6. The van der Waals surface area contributed by atoms with Gasteiger partial charge in [0, 0.05) is 39.0 Å². The lowest BCUT2D eigenvalue weighted by atomic mass is 9.78. The summed E-state index contributed by atoms with van der Waals surface area (Å²) in [6.45, 7) is 11.0. The topological polar surface area (TPSA) is 54.9 Å². The third-order valence-electron chi connectivity index (χ3n) is 5.98. The minimum absolute atomic E-state index is 0.385. The number of guanidine groups is 1. The molecule has 1 heterocycles. The van der Waals surface area contributed by atoms with E-state index >= 15 is 0 Å². The molecule has 2 N–H and O–H groups in total. The number of nitrogens with one attached hydrogen (secondary N) is 2. The minimum Gasteiger partial charge on any atom is -0.381 e. The summed E-state index contributed by atoms with van der Waals surface area (Å²) in [7, 11) is 0. The lowest BCUT2D eigenvalue weighted by molar-refractivity contribution is -0.0318. The van der Waals surface area contributed by atoms with E-state index in [-0.39, 0.29) is 0 Å². The van der Waals surface area contributed by atoms with Gasteiger partial charge in [0.15, 0.2) is 5.96 Å². The van der Waals surface area contributed by atoms with Gasteiger partial charge < -0.3 is 20.1 Å². The highest BCUT2D eigenvalue weighted by Crippen LogP contribution is 2.31. The Bertz CT molecular complexity index is 391. The Morgan fingerprint density at radius 2 is 1.85 bits per heavy atom. The van der Waals surface area contributed by atoms with Crippen molar-refractivity contribution in [1.29, 1.82) is 0 Å². The Kier molecular flexibility index (Phi) is 10.4. The molecular formula is C21H41N3O2. The molecule has 152 valence electrons. The van der Waals surface area contributed by atoms with Crippen molar-refractivity contribution in [3.05, 3.63) is 0 Å². The highest BCUT2D eigenvalue weighted by atomic mass is 16.5. The zero-order valence-corrected chi connectivity index (χ0v) is 17.3. The van der Waals surface area contributed by atoms with Crippen LogP contribution in [0.25, 0.3) is 0 Å². The summed E-state index contributed by atoms with van der Waals surface area (Å²) < 4.78 is 11.3. The number of aliphatic imine (C=N–C) groups is 1. The molecule has 2 aliphatic rings. The van der Waals surface area contributed by atoms with Crippen molar-refractivity contribution >= 4 is 5.96 Å². The average Bonchev–Trinajstić information content (AvgIpc) is 2.68. The fourth-order valence-electron chi connectivity index (χ4n) is 4.08. The van der Waals surface area contributed by atoms with E-state index in [1.165, 1.54) is 32.1 Å². The third kappa shape index (κ3) is 7.83. The molecule has 0 radical (unpaired) electrons. The van der Waals surface area contributed by atoms with Crippen LogP contribution in [0.2, 0.25) is 0 Å². The lowest BCUT2D eigenvalue weighted by Gasteiger charge is -2.33. The zero-order valence-electron chi connectivity index (χ0n) is 17.3. The lowest BCUT2D eigenvalue weighted by Crippen LogP contribution is -2.46. The average molecular weight is 368 g/mol. The summed E-state index contributed by atoms with van der Waals surface area (Å²) in [5, 5.41) is 7.03. The van der Waals surface area contributed by atoms with Crippen LogP contribution in [0.3, 0.4) is 0 Å². The molecule has 1 saturated heterocycles. The van der Waals surface area contributed by atoms with Crippen molar-refractivity contribution in [3.8, 4) is 0 Å². The monoisotopic (exact) mass is 367 g/mol. The van der Waals surface area contributed by atoms with Gasteiger partial charge in [0.05, 0.1) is 6.10 Å². The van der Waals surface area contributed by atoms with E-state index in [1.54, 1.807) is 0 Å². The Hall–Kier alpha value is -0.810. The molecule has 2 atom stereocenters. The summed E-state index contributed by atoms with van der Waals surface area (Å²) in [6.07, 6.45) is 10.4. The number of hydrogen-bond acceptors (Lipinski definition) is 3. The van der Waals surface area contributed by atoms with Gasteiger partial charge >= 0.3 is 0 Å². The Morgan fingerprint density at radius 3 is 2.54 bits per heavy atom. The van der Waals surface area contributed by atoms with E-state index < -0.39 is 0 Å². The second-order valence-electron chi connectivity index (χ2n) is 7.99. The van der Waals surface area contributed by atoms with E-state index in [0.717, 1.165) is 64.1 Å². The van der Waals surface area contributed by atoms with Crippen LogP contribution in [-0.2, 0) is 9.47 Å². The fraction of sp³-hybridized carbons (Fsp3) is 0.952. The number of hydrogen-bond donors (Lipinski definition) is 2. The van der Waals surface area contributed by atoms with Gasteiger partial charge in [0.2, 0.25) is 0 Å². The van der Waals surface area contributed by atoms with E-state index in [1.807, 2.05) is 0 Å². The van der Waals surface area contributed by atoms with Crippen LogP contribution in [0.15, 0.2) is 4.99 Å². The molecule has 2 fully saturated rings. The van der Waals surface area contributed by atoms with Gasteiger partial charge in [-0.05, 0) is 44.9 Å². The SMILES string of the molecule is CCNC(=NCCCOC1CCOCC1)NC(C)C(C)C1CCCCC1. The van der Waals surface area contributed by atoms with Crippen LogP contribution in [0.5, 0.6) is 0 Å². The Balaban J connectivity index is 1.68. The molecule has 5 heteroatoms. The molecule has 0 aromatic carbocycles. The highest BCUT2D eigenvalue weighted by Gasteiger charge is 2.25. The maximum atomic E-state index is 5.93. The molecule has 2 unspecified atom stereocenters. The molecule has 1 saturated carbocycles. The fourth-order valence-corrected chi connectivity index (χ4v) is 4.08. The summed E-state index contributed by atoms with van der Waals surface area (Å²) >= 11 is 0. The van der Waals surface area contributed by atoms with Crippen LogP contribution >= 0.6 is 0 Å². The van der Waals surface area contributed by atoms with Gasteiger partial charge in [0.1, 0.15) is 0 Å². The first-order chi connectivity index (χ1) is 12.7. The normalized spacial score (nSPS) is 22.8. The first-order valence-corrected chi connectivity index (χ1v) is 10.9. The summed E-state index contributed by atoms with van der Waals surface area (Å²) in [6, 6.07) is 0.453. The van der Waals surface area contributed by atoms with E-state index in [0.29, 0.717) is 18.1 Å². The maximum Gasteiger partial charge on any atom is 0.191 e. The van der Waals surface area contributed by atoms with Gasteiger partial charge in [-0.3, -0.25) is 4.99 Å². The zero-order chi connectivity index (χ0) is 18.6. The molecule has 0 bridgehead atoms. The summed E-state index contributed by atoms with van der Waals surface area (Å²) in [5.41, 5.74) is 0. The predicted molar refractivity (Wildman–Crippen MR) is 109 cm³/mol. The van der Waals surface area contributed by atoms with Gasteiger partial charge in [0.25, 0.3) is 0 Å². The van der Waals surface area contributed by atoms with Gasteiger partial charge in [-0.15, -0.1) is 0 Å². The van der Waals surface area contributed by atoms with Gasteiger partial charge in [-0.2, -0.15) is 0 Å². The molecule has 2 rings (SSSR count). The van der Waals surface area contributed by atoms with E-state index in [2.05, 4.69) is 31.4 Å². The van der Waals surface area contributed by atoms with Crippen LogP contribution < -0.4 is 10.6 Å². The number of rotatable bonds is 9. The molecule has 0 aromatic rings. The number of ether oxygens (including phenoxy) is 2. The smallest absolute Gasteiger partial charge is 0.191 e. The predicted octanol–water partition coefficient (Wildman–Crippen LogP) is 3.73. The Morgan fingerprint density at radius 1 is 1.12 bits per heavy atom. The van der Waals surface area contributed by atoms with Gasteiger partial charge in [-0.25, -0.2) is 0 Å². The second-order valence-corrected chi connectivity index (χ2v) is 7.99. The Labute approximate surface area is 160 Å². The first-order valence-electron chi connectivity index (χ1n) is 10.9. The highest BCUT2D eigenvalue weighted by molar-refractivity contribution is 5.80.